The van der Waals surface area contributed by atoms with E-state index < -0.39 is 0 Å². The van der Waals surface area contributed by atoms with Gasteiger partial charge >= 0.3 is 0 Å². The topological polar surface area (TPSA) is 26.0 Å². The highest BCUT2D eigenvalue weighted by molar-refractivity contribution is 5.15. The maximum Gasteiger partial charge on any atom is 0.0215 e. The molecular formula is C9H17N. The highest BCUT2D eigenvalue weighted by atomic mass is 14.9. The van der Waals surface area contributed by atoms with E-state index in [9.17, 15) is 0 Å². The van der Waals surface area contributed by atoms with Crippen molar-refractivity contribution in [1.82, 2.24) is 0 Å². The van der Waals surface area contributed by atoms with E-state index >= 15 is 0 Å². The third-order valence-electron chi connectivity index (χ3n) is 3.17. The zero-order valence-electron chi connectivity index (χ0n) is 6.77. The fourth-order valence-electron chi connectivity index (χ4n) is 2.21. The first kappa shape index (κ1) is 6.66. The van der Waals surface area contributed by atoms with E-state index in [0.717, 1.165) is 11.8 Å². The Hall–Kier alpha value is -0.0400. The number of nitrogens with two attached hydrogens (primary N) is 1. The highest BCUT2D eigenvalue weighted by Crippen LogP contribution is 2.57. The first-order valence-corrected chi connectivity index (χ1v) is 4.56. The second-order valence-corrected chi connectivity index (χ2v) is 4.08. The molecule has 0 saturated heterocycles. The summed E-state index contributed by atoms with van der Waals surface area (Å²) in [4.78, 5) is 0. The smallest absolute Gasteiger partial charge is 0.0215 e. The average Bonchev–Trinajstić information content (AvgIpc) is 2.67. The van der Waals surface area contributed by atoms with Gasteiger partial charge in [-0.25, -0.2) is 0 Å². The first-order valence-electron chi connectivity index (χ1n) is 4.56. The summed E-state index contributed by atoms with van der Waals surface area (Å²) in [7, 11) is 0. The monoisotopic (exact) mass is 139 g/mol. The number of hydrogen-bond donors (Lipinski definition) is 1. The average molecular weight is 139 g/mol. The molecule has 0 amide bonds. The van der Waals surface area contributed by atoms with Gasteiger partial charge in [-0.1, -0.05) is 13.3 Å². The molecule has 0 spiro atoms. The summed E-state index contributed by atoms with van der Waals surface area (Å²) in [5.74, 6) is 1.81. The van der Waals surface area contributed by atoms with Gasteiger partial charge in [0, 0.05) is 5.54 Å². The van der Waals surface area contributed by atoms with Crippen molar-refractivity contribution in [1.29, 1.82) is 0 Å². The van der Waals surface area contributed by atoms with E-state index in [1.54, 1.807) is 0 Å². The summed E-state index contributed by atoms with van der Waals surface area (Å²) < 4.78 is 0. The molecule has 2 rings (SSSR count). The normalized spacial score (nSPS) is 45.6. The highest BCUT2D eigenvalue weighted by Gasteiger charge is 2.58. The summed E-state index contributed by atoms with van der Waals surface area (Å²) >= 11 is 0. The SMILES string of the molecule is CCCC1CC1(N)C1CC1. The van der Waals surface area contributed by atoms with Crippen LogP contribution >= 0.6 is 0 Å². The lowest BCUT2D eigenvalue weighted by Crippen LogP contribution is -2.27. The predicted molar refractivity (Wildman–Crippen MR) is 42.7 cm³/mol. The third-order valence-corrected chi connectivity index (χ3v) is 3.17. The van der Waals surface area contributed by atoms with Crippen molar-refractivity contribution < 1.29 is 0 Å². The van der Waals surface area contributed by atoms with Gasteiger partial charge in [-0.3, -0.25) is 0 Å². The standard InChI is InChI=1S/C9H17N/c1-2-3-8-6-9(8,10)7-4-5-7/h7-8H,2-6,10H2,1H3. The molecule has 1 heteroatoms. The molecule has 2 fully saturated rings. The minimum atomic E-state index is 0.329. The van der Waals surface area contributed by atoms with Gasteiger partial charge in [0.1, 0.15) is 0 Å². The van der Waals surface area contributed by atoms with E-state index in [1.165, 1.54) is 32.1 Å². The van der Waals surface area contributed by atoms with Crippen molar-refractivity contribution in [3.8, 4) is 0 Å². The van der Waals surface area contributed by atoms with Crippen LogP contribution in [0.5, 0.6) is 0 Å². The van der Waals surface area contributed by atoms with E-state index in [4.69, 9.17) is 5.73 Å². The minimum Gasteiger partial charge on any atom is -0.325 e. The summed E-state index contributed by atoms with van der Waals surface area (Å²) in [5, 5.41) is 0. The number of rotatable bonds is 3. The van der Waals surface area contributed by atoms with Crippen LogP contribution in [-0.4, -0.2) is 5.54 Å². The lowest BCUT2D eigenvalue weighted by Gasteiger charge is -2.07. The molecule has 10 heavy (non-hydrogen) atoms. The van der Waals surface area contributed by atoms with Crippen LogP contribution in [0.15, 0.2) is 0 Å². The van der Waals surface area contributed by atoms with Gasteiger partial charge in [-0.05, 0) is 37.5 Å². The molecule has 1 nitrogen and oxygen atoms in total. The molecule has 2 unspecified atom stereocenters. The van der Waals surface area contributed by atoms with Gasteiger partial charge < -0.3 is 5.73 Å². The van der Waals surface area contributed by atoms with Gasteiger partial charge in [0.2, 0.25) is 0 Å². The molecule has 0 aromatic rings. The molecule has 0 aromatic carbocycles. The fourth-order valence-corrected chi connectivity index (χ4v) is 2.21. The summed E-state index contributed by atoms with van der Waals surface area (Å²) in [6, 6.07) is 0. The lowest BCUT2D eigenvalue weighted by molar-refractivity contribution is 0.504. The molecule has 2 aliphatic carbocycles. The van der Waals surface area contributed by atoms with Crippen LogP contribution in [0.25, 0.3) is 0 Å². The van der Waals surface area contributed by atoms with E-state index in [-0.39, 0.29) is 0 Å². The van der Waals surface area contributed by atoms with Crippen molar-refractivity contribution in [3.05, 3.63) is 0 Å². The summed E-state index contributed by atoms with van der Waals surface area (Å²) in [6.45, 7) is 2.26. The van der Waals surface area contributed by atoms with Crippen LogP contribution in [0.1, 0.15) is 39.0 Å². The Kier molecular flexibility index (Phi) is 1.31. The first-order chi connectivity index (χ1) is 4.77. The van der Waals surface area contributed by atoms with Gasteiger partial charge in [0.15, 0.2) is 0 Å². The summed E-state index contributed by atoms with van der Waals surface area (Å²) in [5.41, 5.74) is 6.51. The largest absolute Gasteiger partial charge is 0.325 e. The van der Waals surface area contributed by atoms with Gasteiger partial charge in [-0.15, -0.1) is 0 Å². The van der Waals surface area contributed by atoms with Crippen molar-refractivity contribution >= 4 is 0 Å². The summed E-state index contributed by atoms with van der Waals surface area (Å²) in [6.07, 6.45) is 6.84. The Morgan fingerprint density at radius 2 is 2.20 bits per heavy atom. The van der Waals surface area contributed by atoms with Crippen molar-refractivity contribution in [3.63, 3.8) is 0 Å². The van der Waals surface area contributed by atoms with E-state index in [0.29, 0.717) is 5.54 Å². The van der Waals surface area contributed by atoms with Crippen LogP contribution in [0.3, 0.4) is 0 Å². The molecule has 0 heterocycles. The Bertz CT molecular complexity index is 140. The second kappa shape index (κ2) is 1.97. The molecule has 2 aliphatic rings. The van der Waals surface area contributed by atoms with Crippen LogP contribution in [0.2, 0.25) is 0 Å². The van der Waals surface area contributed by atoms with Crippen molar-refractivity contribution in [2.75, 3.05) is 0 Å². The van der Waals surface area contributed by atoms with Gasteiger partial charge in [0.25, 0.3) is 0 Å². The number of hydrogen-bond acceptors (Lipinski definition) is 1. The van der Waals surface area contributed by atoms with Crippen molar-refractivity contribution in [2.24, 2.45) is 17.6 Å². The van der Waals surface area contributed by atoms with E-state index in [2.05, 4.69) is 6.92 Å². The van der Waals surface area contributed by atoms with Gasteiger partial charge in [0.05, 0.1) is 0 Å². The molecule has 2 N–H and O–H groups in total. The molecule has 2 saturated carbocycles. The fraction of sp³-hybridized carbons (Fsp3) is 1.00. The Morgan fingerprint density at radius 1 is 1.50 bits per heavy atom. The molecule has 0 aliphatic heterocycles. The Balaban J connectivity index is 1.85. The maximum absolute atomic E-state index is 6.18. The molecule has 0 bridgehead atoms. The maximum atomic E-state index is 6.18. The molecule has 0 aromatic heterocycles. The van der Waals surface area contributed by atoms with Crippen LogP contribution in [0.4, 0.5) is 0 Å². The second-order valence-electron chi connectivity index (χ2n) is 4.08. The predicted octanol–water partition coefficient (Wildman–Crippen LogP) is 1.91. The molecule has 58 valence electrons. The minimum absolute atomic E-state index is 0.329. The van der Waals surface area contributed by atoms with E-state index in [1.807, 2.05) is 0 Å². The van der Waals surface area contributed by atoms with Gasteiger partial charge in [-0.2, -0.15) is 0 Å². The van der Waals surface area contributed by atoms with Crippen LogP contribution in [0, 0.1) is 11.8 Å². The molecule has 0 radical (unpaired) electrons. The Labute approximate surface area is 63.0 Å². The lowest BCUT2D eigenvalue weighted by atomic mass is 10.1. The Morgan fingerprint density at radius 3 is 2.70 bits per heavy atom. The quantitative estimate of drug-likeness (QED) is 0.635. The molecular weight excluding hydrogens is 122 g/mol. The molecule has 2 atom stereocenters. The van der Waals surface area contributed by atoms with Crippen molar-refractivity contribution in [2.45, 2.75) is 44.6 Å². The van der Waals surface area contributed by atoms with Crippen LogP contribution < -0.4 is 5.73 Å². The van der Waals surface area contributed by atoms with Crippen LogP contribution in [-0.2, 0) is 0 Å². The zero-order valence-corrected chi connectivity index (χ0v) is 6.77. The third kappa shape index (κ3) is 0.878. The zero-order chi connectivity index (χ0) is 7.19.